The Kier molecular flexibility index (Phi) is 5.19. The highest BCUT2D eigenvalue weighted by atomic mass is 79.9. The van der Waals surface area contributed by atoms with Crippen molar-refractivity contribution in [3.05, 3.63) is 61.0 Å². The summed E-state index contributed by atoms with van der Waals surface area (Å²) in [5.41, 5.74) is 0.719. The molecule has 7 heteroatoms. The average Bonchev–Trinajstić information content (AvgIpc) is 2.46. The van der Waals surface area contributed by atoms with Crippen LogP contribution in [0.2, 0.25) is 0 Å². The summed E-state index contributed by atoms with van der Waals surface area (Å²) < 4.78 is 12.0. The number of nitro groups is 1. The number of hydrogen-bond donors (Lipinski definition) is 0. The van der Waals surface area contributed by atoms with Crippen LogP contribution in [0, 0.1) is 10.1 Å². The van der Waals surface area contributed by atoms with Crippen LogP contribution >= 0.6 is 31.9 Å². The second-order valence-electron chi connectivity index (χ2n) is 4.09. The number of ether oxygens (including phenoxy) is 2. The van der Waals surface area contributed by atoms with E-state index in [0.29, 0.717) is 21.5 Å². The van der Waals surface area contributed by atoms with Crippen molar-refractivity contribution in [3.8, 4) is 11.5 Å². The Hall–Kier alpha value is -1.60. The molecule has 0 spiro atoms. The Morgan fingerprint density at radius 1 is 1.24 bits per heavy atom. The first-order valence-corrected chi connectivity index (χ1v) is 7.49. The van der Waals surface area contributed by atoms with E-state index in [1.807, 2.05) is 0 Å². The number of nitrogens with zero attached hydrogens (tertiary/aromatic N) is 1. The molecular formula is C14H11Br2NO4. The Labute approximate surface area is 138 Å². The topological polar surface area (TPSA) is 61.6 Å². The Bertz CT molecular complexity index is 676. The van der Waals surface area contributed by atoms with Gasteiger partial charge in [-0.2, -0.15) is 0 Å². The van der Waals surface area contributed by atoms with Crippen LogP contribution in [0.1, 0.15) is 5.56 Å². The van der Waals surface area contributed by atoms with Crippen molar-refractivity contribution in [2.45, 2.75) is 6.61 Å². The van der Waals surface area contributed by atoms with Gasteiger partial charge in [0.05, 0.1) is 16.5 Å². The molecule has 0 N–H and O–H groups in total. The van der Waals surface area contributed by atoms with Crippen LogP contribution < -0.4 is 9.47 Å². The molecule has 2 aromatic carbocycles. The third-order valence-electron chi connectivity index (χ3n) is 2.78. The van der Waals surface area contributed by atoms with Gasteiger partial charge in [-0.05, 0) is 50.1 Å². The molecule has 2 rings (SSSR count). The van der Waals surface area contributed by atoms with Gasteiger partial charge in [-0.3, -0.25) is 10.1 Å². The molecule has 0 heterocycles. The molecule has 0 fully saturated rings. The number of nitro benzene ring substituents is 1. The largest absolute Gasteiger partial charge is 0.497 e. The van der Waals surface area contributed by atoms with Gasteiger partial charge >= 0.3 is 0 Å². The van der Waals surface area contributed by atoms with Gasteiger partial charge in [-0.25, -0.2) is 0 Å². The standard InChI is InChI=1S/C14H11Br2NO4/c1-20-10-5-6-13(11(15)7-10)21-8-9-3-2-4-12(14(9)16)17(18)19/h2-7H,8H2,1H3. The number of rotatable bonds is 5. The zero-order chi connectivity index (χ0) is 15.4. The summed E-state index contributed by atoms with van der Waals surface area (Å²) >= 11 is 6.64. The summed E-state index contributed by atoms with van der Waals surface area (Å²) in [5.74, 6) is 1.35. The summed E-state index contributed by atoms with van der Waals surface area (Å²) in [7, 11) is 1.59. The van der Waals surface area contributed by atoms with Crippen molar-refractivity contribution < 1.29 is 14.4 Å². The molecule has 0 aliphatic heterocycles. The molecule has 21 heavy (non-hydrogen) atoms. The first-order chi connectivity index (χ1) is 10.0. The summed E-state index contributed by atoms with van der Waals surface area (Å²) in [6.45, 7) is 0.215. The van der Waals surface area contributed by atoms with Crippen LogP contribution in [0.4, 0.5) is 5.69 Å². The zero-order valence-corrected chi connectivity index (χ0v) is 14.2. The van der Waals surface area contributed by atoms with E-state index in [1.165, 1.54) is 6.07 Å². The van der Waals surface area contributed by atoms with Gasteiger partial charge in [0.15, 0.2) is 0 Å². The zero-order valence-electron chi connectivity index (χ0n) is 11.0. The van der Waals surface area contributed by atoms with E-state index in [1.54, 1.807) is 37.4 Å². The van der Waals surface area contributed by atoms with Gasteiger partial charge in [0.1, 0.15) is 22.6 Å². The van der Waals surface area contributed by atoms with Crippen molar-refractivity contribution in [3.63, 3.8) is 0 Å². The highest BCUT2D eigenvalue weighted by Crippen LogP contribution is 2.32. The second kappa shape index (κ2) is 6.91. The van der Waals surface area contributed by atoms with E-state index in [4.69, 9.17) is 9.47 Å². The highest BCUT2D eigenvalue weighted by molar-refractivity contribution is 9.11. The molecule has 0 aliphatic carbocycles. The van der Waals surface area contributed by atoms with Crippen molar-refractivity contribution >= 4 is 37.5 Å². The SMILES string of the molecule is COc1ccc(OCc2cccc([N+](=O)[O-])c2Br)c(Br)c1. The van der Waals surface area contributed by atoms with Crippen LogP contribution in [-0.2, 0) is 6.61 Å². The third kappa shape index (κ3) is 3.74. The lowest BCUT2D eigenvalue weighted by atomic mass is 10.2. The van der Waals surface area contributed by atoms with Crippen LogP contribution in [-0.4, -0.2) is 12.0 Å². The summed E-state index contributed by atoms with van der Waals surface area (Å²) in [6, 6.07) is 10.2. The average molecular weight is 417 g/mol. The fourth-order valence-electron chi connectivity index (χ4n) is 1.70. The molecule has 0 amide bonds. The first kappa shape index (κ1) is 15.8. The van der Waals surface area contributed by atoms with Crippen molar-refractivity contribution in [1.29, 1.82) is 0 Å². The lowest BCUT2D eigenvalue weighted by Gasteiger charge is -2.10. The van der Waals surface area contributed by atoms with Crippen LogP contribution in [0.5, 0.6) is 11.5 Å². The Morgan fingerprint density at radius 3 is 2.62 bits per heavy atom. The molecular weight excluding hydrogens is 406 g/mol. The minimum absolute atomic E-state index is 0.0184. The van der Waals surface area contributed by atoms with Gasteiger partial charge in [-0.1, -0.05) is 12.1 Å². The van der Waals surface area contributed by atoms with E-state index in [-0.39, 0.29) is 12.3 Å². The third-order valence-corrected chi connectivity index (χ3v) is 4.31. The van der Waals surface area contributed by atoms with Crippen molar-refractivity contribution in [2.24, 2.45) is 0 Å². The summed E-state index contributed by atoms with van der Waals surface area (Å²) in [6.07, 6.45) is 0. The monoisotopic (exact) mass is 415 g/mol. The van der Waals surface area contributed by atoms with E-state index in [2.05, 4.69) is 31.9 Å². The predicted molar refractivity (Wildman–Crippen MR) is 85.8 cm³/mol. The Morgan fingerprint density at radius 2 is 2.00 bits per heavy atom. The maximum Gasteiger partial charge on any atom is 0.283 e. The van der Waals surface area contributed by atoms with E-state index in [9.17, 15) is 10.1 Å². The van der Waals surface area contributed by atoms with Crippen LogP contribution in [0.25, 0.3) is 0 Å². The van der Waals surface area contributed by atoms with E-state index < -0.39 is 4.92 Å². The molecule has 0 aliphatic rings. The molecule has 5 nitrogen and oxygen atoms in total. The molecule has 0 saturated heterocycles. The van der Waals surface area contributed by atoms with E-state index >= 15 is 0 Å². The fraction of sp³-hybridized carbons (Fsp3) is 0.143. The molecule has 0 aromatic heterocycles. The fourth-order valence-corrected chi connectivity index (χ4v) is 2.70. The van der Waals surface area contributed by atoms with E-state index in [0.717, 1.165) is 4.47 Å². The van der Waals surface area contributed by atoms with Gasteiger partial charge in [-0.15, -0.1) is 0 Å². The molecule has 0 radical (unpaired) electrons. The molecule has 110 valence electrons. The van der Waals surface area contributed by atoms with Gasteiger partial charge < -0.3 is 9.47 Å². The molecule has 0 unspecified atom stereocenters. The molecule has 0 atom stereocenters. The number of hydrogen-bond acceptors (Lipinski definition) is 4. The minimum Gasteiger partial charge on any atom is -0.497 e. The van der Waals surface area contributed by atoms with Gasteiger partial charge in [0.25, 0.3) is 5.69 Å². The molecule has 0 saturated carbocycles. The maximum absolute atomic E-state index is 10.9. The second-order valence-corrected chi connectivity index (χ2v) is 5.74. The number of benzene rings is 2. The summed E-state index contributed by atoms with van der Waals surface area (Å²) in [4.78, 5) is 10.5. The lowest BCUT2D eigenvalue weighted by molar-refractivity contribution is -0.385. The van der Waals surface area contributed by atoms with Crippen molar-refractivity contribution in [2.75, 3.05) is 7.11 Å². The smallest absolute Gasteiger partial charge is 0.283 e. The van der Waals surface area contributed by atoms with Crippen LogP contribution in [0.15, 0.2) is 45.3 Å². The predicted octanol–water partition coefficient (Wildman–Crippen LogP) is 4.71. The molecule has 2 aromatic rings. The first-order valence-electron chi connectivity index (χ1n) is 5.91. The lowest BCUT2D eigenvalue weighted by Crippen LogP contribution is -1.99. The quantitative estimate of drug-likeness (QED) is 0.523. The van der Waals surface area contributed by atoms with Crippen molar-refractivity contribution in [1.82, 2.24) is 0 Å². The highest BCUT2D eigenvalue weighted by Gasteiger charge is 2.15. The van der Waals surface area contributed by atoms with Crippen LogP contribution in [0.3, 0.4) is 0 Å². The summed E-state index contributed by atoms with van der Waals surface area (Å²) in [5, 5.41) is 10.9. The Balaban J connectivity index is 2.17. The maximum atomic E-state index is 10.9. The number of methoxy groups -OCH3 is 1. The number of halogens is 2. The minimum atomic E-state index is -0.434. The molecule has 0 bridgehead atoms. The normalized spacial score (nSPS) is 10.2. The van der Waals surface area contributed by atoms with Gasteiger partial charge in [0, 0.05) is 11.6 Å². The van der Waals surface area contributed by atoms with Gasteiger partial charge in [0.2, 0.25) is 0 Å².